The number of rotatable bonds is 6. The Morgan fingerprint density at radius 1 is 1.33 bits per heavy atom. The molecule has 5 nitrogen and oxygen atoms in total. The van der Waals surface area contributed by atoms with Crippen LogP contribution in [0.4, 0.5) is 4.39 Å². The van der Waals surface area contributed by atoms with Gasteiger partial charge in [0, 0.05) is 6.54 Å². The van der Waals surface area contributed by atoms with Crippen molar-refractivity contribution in [3.63, 3.8) is 0 Å². The lowest BCUT2D eigenvalue weighted by Gasteiger charge is -2.25. The lowest BCUT2D eigenvalue weighted by molar-refractivity contribution is -0.125. The quantitative estimate of drug-likeness (QED) is 0.801. The highest BCUT2D eigenvalue weighted by Gasteiger charge is 2.33. The fourth-order valence-corrected chi connectivity index (χ4v) is 4.26. The first-order valence-electron chi connectivity index (χ1n) is 7.89. The van der Waals surface area contributed by atoms with Crippen LogP contribution in [-0.2, 0) is 14.8 Å². The van der Waals surface area contributed by atoms with Crippen molar-refractivity contribution in [3.05, 3.63) is 29.0 Å². The molecule has 2 rings (SSSR count). The van der Waals surface area contributed by atoms with Crippen LogP contribution in [0.25, 0.3) is 0 Å². The minimum absolute atomic E-state index is 0.164. The number of amides is 1. The zero-order chi connectivity index (χ0) is 18.0. The molecule has 0 aliphatic heterocycles. The van der Waals surface area contributed by atoms with Gasteiger partial charge in [0.15, 0.2) is 0 Å². The largest absolute Gasteiger partial charge is 0.354 e. The first-order chi connectivity index (χ1) is 11.1. The first-order valence-corrected chi connectivity index (χ1v) is 9.75. The Labute approximate surface area is 147 Å². The van der Waals surface area contributed by atoms with E-state index in [0.29, 0.717) is 12.5 Å². The minimum atomic E-state index is -4.05. The normalized spacial score (nSPS) is 16.3. The Morgan fingerprint density at radius 3 is 2.54 bits per heavy atom. The monoisotopic (exact) mass is 376 g/mol. The zero-order valence-electron chi connectivity index (χ0n) is 13.7. The zero-order valence-corrected chi connectivity index (χ0v) is 15.3. The van der Waals surface area contributed by atoms with E-state index in [9.17, 15) is 17.6 Å². The van der Waals surface area contributed by atoms with Crippen molar-refractivity contribution in [1.29, 1.82) is 0 Å². The third-order valence-corrected chi connectivity index (χ3v) is 6.14. The molecular weight excluding hydrogens is 355 g/mol. The van der Waals surface area contributed by atoms with Crippen LogP contribution in [0.15, 0.2) is 23.1 Å². The number of sulfonamides is 1. The first kappa shape index (κ1) is 19.1. The van der Waals surface area contributed by atoms with E-state index in [2.05, 4.69) is 10.0 Å². The lowest BCUT2D eigenvalue weighted by atomic mass is 10.0. The van der Waals surface area contributed by atoms with Crippen LogP contribution < -0.4 is 10.0 Å². The van der Waals surface area contributed by atoms with E-state index in [1.54, 1.807) is 0 Å². The number of hydrogen-bond acceptors (Lipinski definition) is 3. The molecule has 0 unspecified atom stereocenters. The maximum Gasteiger partial charge on any atom is 0.241 e. The van der Waals surface area contributed by atoms with Gasteiger partial charge in [-0.2, -0.15) is 4.72 Å². The van der Waals surface area contributed by atoms with Crippen LogP contribution in [0.3, 0.4) is 0 Å². The maximum atomic E-state index is 13.5. The summed E-state index contributed by atoms with van der Waals surface area (Å²) in [7, 11) is -4.05. The Kier molecular flexibility index (Phi) is 5.88. The summed E-state index contributed by atoms with van der Waals surface area (Å²) in [5.41, 5.74) is -1.35. The standard InChI is InChI=1S/C16H22ClFN2O3S/c1-16(2,15(21)19-10-11-5-3-4-6-11)20-24(22,23)12-7-8-13(17)14(18)9-12/h7-9,11,20H,3-6,10H2,1-2H3,(H,19,21). The molecule has 0 bridgehead atoms. The van der Waals surface area contributed by atoms with Gasteiger partial charge in [0.25, 0.3) is 0 Å². The number of nitrogens with one attached hydrogen (secondary N) is 2. The molecule has 8 heteroatoms. The Hall–Kier alpha value is -1.18. The predicted octanol–water partition coefficient (Wildman–Crippen LogP) is 2.84. The summed E-state index contributed by atoms with van der Waals surface area (Å²) in [6.07, 6.45) is 4.49. The average Bonchev–Trinajstić information content (AvgIpc) is 2.99. The number of hydrogen-bond donors (Lipinski definition) is 2. The van der Waals surface area contributed by atoms with E-state index in [-0.39, 0.29) is 9.92 Å². The molecule has 0 radical (unpaired) electrons. The van der Waals surface area contributed by atoms with Gasteiger partial charge >= 0.3 is 0 Å². The average molecular weight is 377 g/mol. The number of halogens is 2. The van der Waals surface area contributed by atoms with Crippen molar-refractivity contribution in [1.82, 2.24) is 10.0 Å². The van der Waals surface area contributed by atoms with Gasteiger partial charge in [0.2, 0.25) is 15.9 Å². The van der Waals surface area contributed by atoms with E-state index in [4.69, 9.17) is 11.6 Å². The molecule has 1 fully saturated rings. The molecule has 0 atom stereocenters. The van der Waals surface area contributed by atoms with Crippen LogP contribution in [0.2, 0.25) is 5.02 Å². The number of carbonyl (C=O) groups is 1. The van der Waals surface area contributed by atoms with Crippen LogP contribution in [-0.4, -0.2) is 26.4 Å². The van der Waals surface area contributed by atoms with Gasteiger partial charge < -0.3 is 5.32 Å². The Bertz CT molecular complexity index is 716. The Morgan fingerprint density at radius 2 is 1.96 bits per heavy atom. The minimum Gasteiger partial charge on any atom is -0.354 e. The van der Waals surface area contributed by atoms with Crippen LogP contribution in [0.5, 0.6) is 0 Å². The second kappa shape index (κ2) is 7.37. The van der Waals surface area contributed by atoms with E-state index < -0.39 is 27.3 Å². The summed E-state index contributed by atoms with van der Waals surface area (Å²) >= 11 is 5.56. The maximum absolute atomic E-state index is 13.5. The van der Waals surface area contributed by atoms with Gasteiger partial charge in [-0.3, -0.25) is 4.79 Å². The third kappa shape index (κ3) is 4.68. The van der Waals surface area contributed by atoms with Gasteiger partial charge in [0.1, 0.15) is 11.4 Å². The van der Waals surface area contributed by atoms with Crippen LogP contribution >= 0.6 is 11.6 Å². The molecule has 0 heterocycles. The van der Waals surface area contributed by atoms with Gasteiger partial charge in [-0.25, -0.2) is 12.8 Å². The number of benzene rings is 1. The van der Waals surface area contributed by atoms with E-state index in [0.717, 1.165) is 18.9 Å². The van der Waals surface area contributed by atoms with Crippen LogP contribution in [0, 0.1) is 11.7 Å². The summed E-state index contributed by atoms with van der Waals surface area (Å²) in [6.45, 7) is 3.49. The molecule has 1 saturated carbocycles. The topological polar surface area (TPSA) is 75.3 Å². The Balaban J connectivity index is 2.05. The van der Waals surface area contributed by atoms with Gasteiger partial charge in [0.05, 0.1) is 9.92 Å². The van der Waals surface area contributed by atoms with Crippen molar-refractivity contribution in [2.24, 2.45) is 5.92 Å². The third-order valence-electron chi connectivity index (χ3n) is 4.18. The molecular formula is C16H22ClFN2O3S. The van der Waals surface area contributed by atoms with Gasteiger partial charge in [-0.1, -0.05) is 24.4 Å². The molecule has 1 aliphatic rings. The highest BCUT2D eigenvalue weighted by Crippen LogP contribution is 2.24. The van der Waals surface area contributed by atoms with Gasteiger partial charge in [-0.15, -0.1) is 0 Å². The van der Waals surface area contributed by atoms with Crippen molar-refractivity contribution < 1.29 is 17.6 Å². The van der Waals surface area contributed by atoms with Gasteiger partial charge in [-0.05, 0) is 50.8 Å². The van der Waals surface area contributed by atoms with E-state index in [1.165, 1.54) is 38.8 Å². The summed E-state index contributed by atoms with van der Waals surface area (Å²) in [5.74, 6) is -0.790. The number of carbonyl (C=O) groups excluding carboxylic acids is 1. The lowest BCUT2D eigenvalue weighted by Crippen LogP contribution is -2.55. The molecule has 134 valence electrons. The van der Waals surface area contributed by atoms with E-state index >= 15 is 0 Å². The molecule has 2 N–H and O–H groups in total. The summed E-state index contributed by atoms with van der Waals surface area (Å²) < 4.78 is 40.6. The molecule has 1 amide bonds. The molecule has 0 saturated heterocycles. The fraction of sp³-hybridized carbons (Fsp3) is 0.562. The second-order valence-electron chi connectivity index (χ2n) is 6.67. The van der Waals surface area contributed by atoms with Crippen LogP contribution in [0.1, 0.15) is 39.5 Å². The SMILES string of the molecule is CC(C)(NS(=O)(=O)c1ccc(Cl)c(F)c1)C(=O)NCC1CCCC1. The summed E-state index contributed by atoms with van der Waals surface area (Å²) in [4.78, 5) is 12.0. The smallest absolute Gasteiger partial charge is 0.241 e. The van der Waals surface area contributed by atoms with Crippen molar-refractivity contribution >= 4 is 27.5 Å². The highest BCUT2D eigenvalue weighted by atomic mass is 35.5. The predicted molar refractivity (Wildman–Crippen MR) is 90.8 cm³/mol. The van der Waals surface area contributed by atoms with E-state index in [1.807, 2.05) is 0 Å². The highest BCUT2D eigenvalue weighted by molar-refractivity contribution is 7.89. The van der Waals surface area contributed by atoms with Crippen molar-refractivity contribution in [3.8, 4) is 0 Å². The fourth-order valence-electron chi connectivity index (χ4n) is 2.76. The van der Waals surface area contributed by atoms with Crippen molar-refractivity contribution in [2.45, 2.75) is 50.0 Å². The molecule has 0 spiro atoms. The molecule has 0 aromatic heterocycles. The second-order valence-corrected chi connectivity index (χ2v) is 8.76. The molecule has 1 aromatic rings. The molecule has 1 aliphatic carbocycles. The molecule has 24 heavy (non-hydrogen) atoms. The van der Waals surface area contributed by atoms with Crippen molar-refractivity contribution in [2.75, 3.05) is 6.54 Å². The summed E-state index contributed by atoms with van der Waals surface area (Å²) in [5, 5.41) is 2.63. The molecule has 1 aromatic carbocycles. The summed E-state index contributed by atoms with van der Waals surface area (Å²) in [6, 6.07) is 3.19.